The third-order valence-electron chi connectivity index (χ3n) is 10.9. The van der Waals surface area contributed by atoms with Crippen molar-refractivity contribution in [1.29, 1.82) is 0 Å². The molecule has 0 aliphatic heterocycles. The predicted molar refractivity (Wildman–Crippen MR) is 261 cm³/mol. The topological polar surface area (TPSA) is 276 Å². The largest absolute Gasteiger partial charge is 0.472 e. The summed E-state index contributed by atoms with van der Waals surface area (Å²) in [7, 11) is -10.8. The number of hydrogen-bond acceptors (Lipinski definition) is 14. The quantitative estimate of drug-likeness (QED) is 0.00938. The summed E-state index contributed by atoms with van der Waals surface area (Å²) in [6.45, 7) is 2.89. The van der Waals surface area contributed by atoms with E-state index < -0.39 is 89.6 Å². The molecule has 0 heterocycles. The summed E-state index contributed by atoms with van der Waals surface area (Å²) in [5, 5.41) is 51.6. The van der Waals surface area contributed by atoms with E-state index in [1.165, 1.54) is 57.8 Å². The minimum absolute atomic E-state index is 0.0524. The minimum atomic E-state index is -5.39. The Balaban J connectivity index is 2.68. The van der Waals surface area contributed by atoms with Crippen molar-refractivity contribution in [2.24, 2.45) is 0 Å². The fraction of sp³-hybridized carbons (Fsp3) is 0.714. The molecule has 1 rings (SSSR count). The van der Waals surface area contributed by atoms with Crippen LogP contribution < -0.4 is 0 Å². The highest BCUT2D eigenvalue weighted by Crippen LogP contribution is 2.49. The monoisotopic (exact) mass is 1010 g/mol. The molecule has 0 aromatic heterocycles. The van der Waals surface area contributed by atoms with Crippen molar-refractivity contribution in [2.45, 2.75) is 210 Å². The maximum atomic E-state index is 13.0. The van der Waals surface area contributed by atoms with Crippen molar-refractivity contribution in [3.8, 4) is 0 Å². The van der Waals surface area contributed by atoms with Gasteiger partial charge in [-0.15, -0.1) is 0 Å². The van der Waals surface area contributed by atoms with E-state index in [1.807, 2.05) is 12.2 Å². The van der Waals surface area contributed by atoms with Crippen LogP contribution >= 0.6 is 15.6 Å². The highest BCUT2D eigenvalue weighted by Gasteiger charge is 2.54. The van der Waals surface area contributed by atoms with Gasteiger partial charge in [-0.25, -0.2) is 9.13 Å². The summed E-state index contributed by atoms with van der Waals surface area (Å²) in [6, 6.07) is 0. The molecule has 8 N–H and O–H groups in total. The third-order valence-corrected chi connectivity index (χ3v) is 12.4. The number of phosphoric ester groups is 2. The molecule has 392 valence electrons. The lowest BCUT2D eigenvalue weighted by Gasteiger charge is -2.43. The van der Waals surface area contributed by atoms with Gasteiger partial charge in [-0.2, -0.15) is 0 Å². The highest BCUT2D eigenvalue weighted by atomic mass is 31.2. The number of aliphatic hydroxyl groups excluding tert-OH is 5. The molecule has 0 amide bonds. The summed E-state index contributed by atoms with van der Waals surface area (Å²) < 4.78 is 49.2. The zero-order valence-corrected chi connectivity index (χ0v) is 42.2. The molecule has 1 aliphatic carbocycles. The predicted octanol–water partition coefficient (Wildman–Crippen LogP) is 8.59. The second-order valence-corrected chi connectivity index (χ2v) is 19.6. The van der Waals surface area contributed by atoms with Crippen LogP contribution in [0.5, 0.6) is 0 Å². The molecule has 1 aliphatic rings. The number of hydrogen-bond donors (Lipinski definition) is 8. The second-order valence-electron chi connectivity index (χ2n) is 17.0. The first-order valence-electron chi connectivity index (χ1n) is 24.6. The molecule has 6 unspecified atom stereocenters. The van der Waals surface area contributed by atoms with E-state index in [0.717, 1.165) is 57.8 Å². The van der Waals surface area contributed by atoms with Gasteiger partial charge in [0, 0.05) is 12.8 Å². The maximum absolute atomic E-state index is 13.0. The van der Waals surface area contributed by atoms with Gasteiger partial charge in [0.05, 0.1) is 12.7 Å². The number of aliphatic hydroxyl groups is 5. The summed E-state index contributed by atoms with van der Waals surface area (Å²) in [5.41, 5.74) is 0. The molecular weight excluding hydrogens is 922 g/mol. The zero-order chi connectivity index (χ0) is 50.5. The number of ether oxygens (including phenoxy) is 2. The summed E-state index contributed by atoms with van der Waals surface area (Å²) in [4.78, 5) is 54.3. The standard InChI is InChI=1S/C49H84O17P2/c1-3-5-7-9-11-13-15-17-18-19-20-22-24-26-28-30-32-36-42(51)62-38-41(39-63-68(60,61)66-49-46(55)44(53)45(54)48(47(49)56)65-67(57,58)59)64-43(52)37-33-35-40(50)34-31-29-27-25-23-21-16-14-12-10-8-6-4-2/h11,13,17-18,20-23,27,29,31,34,40-41,44-50,53-56H,3-10,12,14-16,19,24-26,28,30,32-33,35-39H2,1-2H3,(H,60,61)(H2,57,58,59)/b13-11-,18-17-,22-20-,23-21+,29-27+,34-31+/t40?,41-,44?,45?,46?,47?,48-,49+/m1/s1. The van der Waals surface area contributed by atoms with Gasteiger partial charge >= 0.3 is 27.6 Å². The van der Waals surface area contributed by atoms with Crippen molar-refractivity contribution in [2.75, 3.05) is 13.2 Å². The lowest BCUT2D eigenvalue weighted by atomic mass is 9.85. The average molecular weight is 1010 g/mol. The van der Waals surface area contributed by atoms with Crippen LogP contribution in [-0.2, 0) is 41.8 Å². The van der Waals surface area contributed by atoms with Gasteiger partial charge in [-0.1, -0.05) is 145 Å². The van der Waals surface area contributed by atoms with Gasteiger partial charge in [0.2, 0.25) is 0 Å². The minimum Gasteiger partial charge on any atom is -0.462 e. The van der Waals surface area contributed by atoms with E-state index in [9.17, 15) is 58.9 Å². The van der Waals surface area contributed by atoms with Crippen molar-refractivity contribution < 1.29 is 82.0 Å². The van der Waals surface area contributed by atoms with E-state index in [2.05, 4.69) is 67.0 Å². The number of allylic oxidation sites excluding steroid dienone is 11. The molecule has 68 heavy (non-hydrogen) atoms. The Morgan fingerprint density at radius 1 is 0.544 bits per heavy atom. The van der Waals surface area contributed by atoms with E-state index in [0.29, 0.717) is 6.42 Å². The number of esters is 2. The number of phosphoric acid groups is 2. The van der Waals surface area contributed by atoms with Gasteiger partial charge < -0.3 is 49.7 Å². The van der Waals surface area contributed by atoms with Crippen molar-refractivity contribution in [3.63, 3.8) is 0 Å². The summed E-state index contributed by atoms with van der Waals surface area (Å²) in [5.74, 6) is -1.43. The van der Waals surface area contributed by atoms with Crippen LogP contribution in [-0.4, -0.2) is 114 Å². The average Bonchev–Trinajstić information content (AvgIpc) is 3.29. The Labute approximate surface area is 404 Å². The summed E-state index contributed by atoms with van der Waals surface area (Å²) in [6.07, 6.45) is 28.7. The molecule has 0 aromatic carbocycles. The molecule has 1 saturated carbocycles. The molecule has 1 fully saturated rings. The Morgan fingerprint density at radius 2 is 1.03 bits per heavy atom. The normalized spacial score (nSPS) is 22.3. The Hall–Kier alpha value is -2.60. The lowest BCUT2D eigenvalue weighted by Crippen LogP contribution is -2.64. The van der Waals surface area contributed by atoms with Crippen LogP contribution in [0.1, 0.15) is 162 Å². The first-order valence-corrected chi connectivity index (χ1v) is 27.6. The molecule has 9 atom stereocenters. The molecule has 0 radical (unpaired) electrons. The Morgan fingerprint density at radius 3 is 1.62 bits per heavy atom. The van der Waals surface area contributed by atoms with Gasteiger partial charge in [0.15, 0.2) is 6.10 Å². The zero-order valence-electron chi connectivity index (χ0n) is 40.4. The number of unbranched alkanes of at least 4 members (excludes halogenated alkanes) is 13. The molecule has 19 heteroatoms. The van der Waals surface area contributed by atoms with Crippen LogP contribution in [0.2, 0.25) is 0 Å². The maximum Gasteiger partial charge on any atom is 0.472 e. The van der Waals surface area contributed by atoms with E-state index in [-0.39, 0.29) is 25.7 Å². The highest BCUT2D eigenvalue weighted by molar-refractivity contribution is 7.47. The van der Waals surface area contributed by atoms with Gasteiger partial charge in [0.25, 0.3) is 0 Å². The smallest absolute Gasteiger partial charge is 0.462 e. The molecule has 0 aromatic rings. The van der Waals surface area contributed by atoms with Crippen LogP contribution in [0, 0.1) is 0 Å². The summed E-state index contributed by atoms with van der Waals surface area (Å²) >= 11 is 0. The van der Waals surface area contributed by atoms with Crippen LogP contribution in [0.4, 0.5) is 0 Å². The van der Waals surface area contributed by atoms with E-state index in [4.69, 9.17) is 18.5 Å². The fourth-order valence-corrected chi connectivity index (χ4v) is 8.52. The molecule has 17 nitrogen and oxygen atoms in total. The fourth-order valence-electron chi connectivity index (χ4n) is 6.98. The number of carbonyl (C=O) groups excluding carboxylic acids is 2. The van der Waals surface area contributed by atoms with Crippen LogP contribution in [0.3, 0.4) is 0 Å². The van der Waals surface area contributed by atoms with Gasteiger partial charge in [0.1, 0.15) is 43.2 Å². The number of carbonyl (C=O) groups is 2. The van der Waals surface area contributed by atoms with E-state index >= 15 is 0 Å². The Kier molecular flexibility index (Phi) is 36.4. The second kappa shape index (κ2) is 39.1. The SMILES string of the molecule is CCCCC/C=C\C/C=C\C/C=C\CCCCCCC(=O)OC[C@H](COP(=O)(O)O[C@H]1C(O)C(O)C(O)[C@@H](OP(=O)(O)O)C1O)OC(=O)CCCC(O)/C=C/C=C/C/C=C/CCCCCCCC. The first kappa shape index (κ1) is 63.4. The van der Waals surface area contributed by atoms with Crippen LogP contribution in [0.25, 0.3) is 0 Å². The van der Waals surface area contributed by atoms with Crippen molar-refractivity contribution in [1.82, 2.24) is 0 Å². The van der Waals surface area contributed by atoms with E-state index in [1.54, 1.807) is 12.2 Å². The Bertz CT molecular complexity index is 1610. The van der Waals surface area contributed by atoms with Gasteiger partial charge in [-0.3, -0.25) is 23.2 Å². The van der Waals surface area contributed by atoms with Gasteiger partial charge in [-0.05, 0) is 77.0 Å². The first-order chi connectivity index (χ1) is 32.5. The van der Waals surface area contributed by atoms with Crippen molar-refractivity contribution >= 4 is 27.6 Å². The third kappa shape index (κ3) is 33.1. The van der Waals surface area contributed by atoms with Crippen LogP contribution in [0.15, 0.2) is 72.9 Å². The molecule has 0 bridgehead atoms. The number of rotatable bonds is 40. The molecular formula is C49H84O17P2. The molecule has 0 saturated heterocycles. The molecule has 0 spiro atoms. The van der Waals surface area contributed by atoms with Crippen molar-refractivity contribution in [3.05, 3.63) is 72.9 Å². The lowest BCUT2D eigenvalue weighted by molar-refractivity contribution is -0.216.